The average Bonchev–Trinajstić information content (AvgIpc) is 2.55. The summed E-state index contributed by atoms with van der Waals surface area (Å²) in [6, 6.07) is 7.30. The Bertz CT molecular complexity index is 656. The first-order valence-corrected chi connectivity index (χ1v) is 6.46. The molecule has 0 fully saturated rings. The molecule has 0 bridgehead atoms. The molecule has 110 valence electrons. The molecule has 0 atom stereocenters. The highest BCUT2D eigenvalue weighted by Gasteiger charge is 2.12. The molecule has 0 spiro atoms. The third kappa shape index (κ3) is 3.22. The van der Waals surface area contributed by atoms with Gasteiger partial charge in [-0.05, 0) is 30.2 Å². The lowest BCUT2D eigenvalue weighted by Gasteiger charge is -2.13. The highest BCUT2D eigenvalue weighted by molar-refractivity contribution is 5.99. The van der Waals surface area contributed by atoms with Gasteiger partial charge in [-0.2, -0.15) is 0 Å². The van der Waals surface area contributed by atoms with Crippen molar-refractivity contribution < 1.29 is 14.7 Å². The van der Waals surface area contributed by atoms with Crippen LogP contribution in [0.5, 0.6) is 17.2 Å². The Morgan fingerprint density at radius 1 is 1.29 bits per heavy atom. The highest BCUT2D eigenvalue weighted by atomic mass is 16.5. The highest BCUT2D eigenvalue weighted by Crippen LogP contribution is 2.33. The fourth-order valence-electron chi connectivity index (χ4n) is 1.86. The summed E-state index contributed by atoms with van der Waals surface area (Å²) in [5.74, 6) is 1.49. The van der Waals surface area contributed by atoms with E-state index in [4.69, 9.17) is 20.4 Å². The largest absolute Gasteiger partial charge is 0.493 e. The second-order valence-electron chi connectivity index (χ2n) is 4.30. The van der Waals surface area contributed by atoms with Crippen molar-refractivity contribution in [3.8, 4) is 17.2 Å². The van der Waals surface area contributed by atoms with Gasteiger partial charge in [-0.15, -0.1) is 0 Å². The minimum absolute atomic E-state index is 0.0449. The average molecular weight is 287 g/mol. The van der Waals surface area contributed by atoms with Gasteiger partial charge in [0, 0.05) is 6.20 Å². The predicted molar refractivity (Wildman–Crippen MR) is 79.2 cm³/mol. The van der Waals surface area contributed by atoms with Crippen LogP contribution in [0.4, 0.5) is 0 Å². The zero-order valence-electron chi connectivity index (χ0n) is 11.9. The molecule has 6 heteroatoms. The Morgan fingerprint density at radius 2 is 2.10 bits per heavy atom. The second-order valence-corrected chi connectivity index (χ2v) is 4.30. The Kier molecular flexibility index (Phi) is 4.61. The van der Waals surface area contributed by atoms with E-state index in [9.17, 15) is 0 Å². The fourth-order valence-corrected chi connectivity index (χ4v) is 1.86. The number of rotatable bonds is 5. The lowest BCUT2D eigenvalue weighted by atomic mass is 10.1. The van der Waals surface area contributed by atoms with Gasteiger partial charge in [0.25, 0.3) is 0 Å². The SMILES string of the molecule is CCc1ccc(Oc2cnccc2/C(N)=N/O)c(OC)c1. The van der Waals surface area contributed by atoms with Crippen LogP contribution in [0.3, 0.4) is 0 Å². The molecule has 0 amide bonds. The van der Waals surface area contributed by atoms with E-state index in [0.717, 1.165) is 12.0 Å². The van der Waals surface area contributed by atoms with Crippen molar-refractivity contribution in [1.29, 1.82) is 0 Å². The van der Waals surface area contributed by atoms with Crippen molar-refractivity contribution in [1.82, 2.24) is 4.98 Å². The zero-order valence-corrected chi connectivity index (χ0v) is 11.9. The maximum absolute atomic E-state index is 8.81. The molecule has 6 nitrogen and oxygen atoms in total. The Balaban J connectivity index is 2.39. The molecule has 0 aliphatic heterocycles. The monoisotopic (exact) mass is 287 g/mol. The van der Waals surface area contributed by atoms with Crippen LogP contribution < -0.4 is 15.2 Å². The Morgan fingerprint density at radius 3 is 2.76 bits per heavy atom. The van der Waals surface area contributed by atoms with E-state index in [1.807, 2.05) is 18.2 Å². The predicted octanol–water partition coefficient (Wildman–Crippen LogP) is 2.54. The first-order chi connectivity index (χ1) is 10.2. The van der Waals surface area contributed by atoms with Crippen LogP contribution in [0, 0.1) is 0 Å². The molecule has 21 heavy (non-hydrogen) atoms. The molecule has 0 saturated carbocycles. The molecule has 1 heterocycles. The molecule has 1 aromatic heterocycles. The third-order valence-electron chi connectivity index (χ3n) is 3.02. The van der Waals surface area contributed by atoms with Crippen LogP contribution in [-0.4, -0.2) is 23.1 Å². The van der Waals surface area contributed by atoms with Gasteiger partial charge < -0.3 is 20.4 Å². The van der Waals surface area contributed by atoms with E-state index < -0.39 is 0 Å². The number of aryl methyl sites for hydroxylation is 1. The van der Waals surface area contributed by atoms with Crippen molar-refractivity contribution in [2.24, 2.45) is 10.9 Å². The number of oxime groups is 1. The van der Waals surface area contributed by atoms with Crippen molar-refractivity contribution in [3.05, 3.63) is 47.8 Å². The molecule has 3 N–H and O–H groups in total. The normalized spacial score (nSPS) is 11.2. The third-order valence-corrected chi connectivity index (χ3v) is 3.02. The van der Waals surface area contributed by atoms with Crippen molar-refractivity contribution >= 4 is 5.84 Å². The number of amidine groups is 1. The molecule has 0 radical (unpaired) electrons. The number of benzene rings is 1. The van der Waals surface area contributed by atoms with Crippen LogP contribution in [0.2, 0.25) is 0 Å². The van der Waals surface area contributed by atoms with Gasteiger partial charge in [-0.1, -0.05) is 18.1 Å². The Hall–Kier alpha value is -2.76. The molecule has 0 aliphatic carbocycles. The van der Waals surface area contributed by atoms with Gasteiger partial charge in [-0.25, -0.2) is 0 Å². The van der Waals surface area contributed by atoms with Crippen LogP contribution in [0.25, 0.3) is 0 Å². The summed E-state index contributed by atoms with van der Waals surface area (Å²) >= 11 is 0. The summed E-state index contributed by atoms with van der Waals surface area (Å²) in [4.78, 5) is 3.99. The van der Waals surface area contributed by atoms with Gasteiger partial charge in [0.15, 0.2) is 23.1 Å². The quantitative estimate of drug-likeness (QED) is 0.382. The minimum Gasteiger partial charge on any atom is -0.493 e. The number of hydrogen-bond donors (Lipinski definition) is 2. The summed E-state index contributed by atoms with van der Waals surface area (Å²) in [7, 11) is 1.58. The van der Waals surface area contributed by atoms with Gasteiger partial charge in [-0.3, -0.25) is 4.98 Å². The first kappa shape index (κ1) is 14.6. The van der Waals surface area contributed by atoms with Crippen LogP contribution in [0.15, 0.2) is 41.8 Å². The molecule has 1 aromatic carbocycles. The second kappa shape index (κ2) is 6.60. The zero-order chi connectivity index (χ0) is 15.2. The number of pyridine rings is 1. The maximum atomic E-state index is 8.81. The topological polar surface area (TPSA) is 90.0 Å². The molecule has 0 saturated heterocycles. The number of nitrogens with two attached hydrogens (primary N) is 1. The van der Waals surface area contributed by atoms with Gasteiger partial charge in [0.1, 0.15) is 0 Å². The Labute approximate surface area is 122 Å². The van der Waals surface area contributed by atoms with Gasteiger partial charge in [0.2, 0.25) is 0 Å². The number of aromatic nitrogens is 1. The number of methoxy groups -OCH3 is 1. The molecule has 2 rings (SSSR count). The van der Waals surface area contributed by atoms with E-state index in [1.54, 1.807) is 13.2 Å². The van der Waals surface area contributed by atoms with Crippen LogP contribution in [-0.2, 0) is 6.42 Å². The van der Waals surface area contributed by atoms with E-state index in [1.165, 1.54) is 12.4 Å². The van der Waals surface area contributed by atoms with Crippen molar-refractivity contribution in [2.75, 3.05) is 7.11 Å². The summed E-state index contributed by atoms with van der Waals surface area (Å²) < 4.78 is 11.1. The summed E-state index contributed by atoms with van der Waals surface area (Å²) in [5.41, 5.74) is 7.22. The summed E-state index contributed by atoms with van der Waals surface area (Å²) in [5, 5.41) is 11.8. The lowest BCUT2D eigenvalue weighted by molar-refractivity contribution is 0.318. The number of nitrogens with zero attached hydrogens (tertiary/aromatic N) is 2. The smallest absolute Gasteiger partial charge is 0.173 e. The van der Waals surface area contributed by atoms with E-state index >= 15 is 0 Å². The van der Waals surface area contributed by atoms with Gasteiger partial charge in [0.05, 0.1) is 18.9 Å². The van der Waals surface area contributed by atoms with Crippen LogP contribution in [0.1, 0.15) is 18.1 Å². The molecular weight excluding hydrogens is 270 g/mol. The minimum atomic E-state index is -0.0449. The number of hydrogen-bond acceptors (Lipinski definition) is 5. The van der Waals surface area contributed by atoms with E-state index in [-0.39, 0.29) is 5.84 Å². The fraction of sp³-hybridized carbons (Fsp3) is 0.200. The van der Waals surface area contributed by atoms with E-state index in [2.05, 4.69) is 17.1 Å². The summed E-state index contributed by atoms with van der Waals surface area (Å²) in [6.07, 6.45) is 3.94. The number of ether oxygens (including phenoxy) is 2. The summed E-state index contributed by atoms with van der Waals surface area (Å²) in [6.45, 7) is 2.06. The molecule has 0 unspecified atom stereocenters. The lowest BCUT2D eigenvalue weighted by Crippen LogP contribution is -2.14. The standard InChI is InChI=1S/C15H17N3O3/c1-3-10-4-5-12(13(8-10)20-2)21-14-9-17-7-6-11(14)15(16)18-19/h4-9,19H,3H2,1-2H3,(H2,16,18). The van der Waals surface area contributed by atoms with E-state index in [0.29, 0.717) is 22.8 Å². The molecule has 0 aliphatic rings. The van der Waals surface area contributed by atoms with Gasteiger partial charge >= 0.3 is 0 Å². The van der Waals surface area contributed by atoms with Crippen molar-refractivity contribution in [3.63, 3.8) is 0 Å². The molecular formula is C15H17N3O3. The van der Waals surface area contributed by atoms with Crippen molar-refractivity contribution in [2.45, 2.75) is 13.3 Å². The van der Waals surface area contributed by atoms with Crippen LogP contribution >= 0.6 is 0 Å². The molecule has 2 aromatic rings. The first-order valence-electron chi connectivity index (χ1n) is 6.46. The maximum Gasteiger partial charge on any atom is 0.173 e.